The van der Waals surface area contributed by atoms with Crippen LogP contribution in [-0.4, -0.2) is 11.1 Å². The highest BCUT2D eigenvalue weighted by molar-refractivity contribution is 9.11. The van der Waals surface area contributed by atoms with Gasteiger partial charge in [0.2, 0.25) is 0 Å². The van der Waals surface area contributed by atoms with Crippen molar-refractivity contribution in [2.24, 2.45) is 0 Å². The number of anilines is 1. The number of fused-ring (bicyclic) bond motifs is 3. The standard InChI is InChI=1S/C42H35BrN2/c1-2-35(43)14-11-29-44(36-24-19-32(20-25-36)31-12-5-3-6-13-31)37-26-21-33(22-27-37)34-23-28-42-40(30-34)39-17-9-10-18-41(39)45(42)38-15-7-4-8-16-38/h2-21,23-28,30,33H,22,29H2,1H3/b14-11-,35-2+. The van der Waals surface area contributed by atoms with Crippen molar-refractivity contribution in [3.05, 3.63) is 180 Å². The topological polar surface area (TPSA) is 8.17 Å². The average molecular weight is 648 g/mol. The molecule has 0 fully saturated rings. The van der Waals surface area contributed by atoms with Crippen LogP contribution in [0.1, 0.15) is 24.8 Å². The summed E-state index contributed by atoms with van der Waals surface area (Å²) >= 11 is 3.62. The van der Waals surface area contributed by atoms with Gasteiger partial charge in [-0.15, -0.1) is 0 Å². The van der Waals surface area contributed by atoms with Crippen LogP contribution in [0.3, 0.4) is 0 Å². The molecular formula is C42H35BrN2. The minimum Gasteiger partial charge on any atom is -0.338 e. The van der Waals surface area contributed by atoms with Crippen LogP contribution in [0, 0.1) is 0 Å². The van der Waals surface area contributed by atoms with Crippen LogP contribution < -0.4 is 4.90 Å². The number of benzene rings is 5. The van der Waals surface area contributed by atoms with Gasteiger partial charge in [0.1, 0.15) is 0 Å². The molecule has 0 saturated carbocycles. The van der Waals surface area contributed by atoms with Gasteiger partial charge in [-0.3, -0.25) is 0 Å². The Morgan fingerprint density at radius 3 is 2.20 bits per heavy atom. The number of aromatic nitrogens is 1. The SMILES string of the molecule is C/C=C(Br)\C=C/CN(C1=CCC(c2ccc3c(c2)c2ccccc2n3-c2ccccc2)C=C1)c1ccc(-c2ccccc2)cc1. The lowest BCUT2D eigenvalue weighted by Crippen LogP contribution is -2.23. The predicted octanol–water partition coefficient (Wildman–Crippen LogP) is 11.7. The number of para-hydroxylation sites is 2. The van der Waals surface area contributed by atoms with E-state index in [0.717, 1.165) is 17.4 Å². The van der Waals surface area contributed by atoms with Gasteiger partial charge < -0.3 is 9.47 Å². The van der Waals surface area contributed by atoms with Crippen molar-refractivity contribution in [3.63, 3.8) is 0 Å². The van der Waals surface area contributed by atoms with Gasteiger partial charge >= 0.3 is 0 Å². The van der Waals surface area contributed by atoms with Gasteiger partial charge in [0.05, 0.1) is 11.0 Å². The smallest absolute Gasteiger partial charge is 0.0541 e. The maximum Gasteiger partial charge on any atom is 0.0541 e. The molecule has 45 heavy (non-hydrogen) atoms. The predicted molar refractivity (Wildman–Crippen MR) is 196 cm³/mol. The highest BCUT2D eigenvalue weighted by atomic mass is 79.9. The largest absolute Gasteiger partial charge is 0.338 e. The maximum atomic E-state index is 3.62. The maximum absolute atomic E-state index is 3.62. The first kappa shape index (κ1) is 28.9. The van der Waals surface area contributed by atoms with E-state index < -0.39 is 0 Å². The molecule has 3 heteroatoms. The second-order valence-electron chi connectivity index (χ2n) is 11.4. The Labute approximate surface area is 274 Å². The second kappa shape index (κ2) is 13.0. The van der Waals surface area contributed by atoms with Gasteiger partial charge in [0.15, 0.2) is 0 Å². The number of halogens is 1. The highest BCUT2D eigenvalue weighted by Gasteiger charge is 2.18. The molecule has 1 atom stereocenters. The third-order valence-corrected chi connectivity index (χ3v) is 9.38. The van der Waals surface area contributed by atoms with E-state index in [1.54, 1.807) is 0 Å². The lowest BCUT2D eigenvalue weighted by atomic mass is 9.90. The first-order chi connectivity index (χ1) is 22.2. The zero-order chi connectivity index (χ0) is 30.6. The first-order valence-electron chi connectivity index (χ1n) is 15.6. The van der Waals surface area contributed by atoms with Crippen LogP contribution in [-0.2, 0) is 0 Å². The zero-order valence-electron chi connectivity index (χ0n) is 25.4. The normalized spacial score (nSPS) is 15.2. The van der Waals surface area contributed by atoms with Crippen molar-refractivity contribution in [1.29, 1.82) is 0 Å². The molecule has 7 rings (SSSR count). The summed E-state index contributed by atoms with van der Waals surface area (Å²) in [4.78, 5) is 2.39. The van der Waals surface area contributed by atoms with E-state index in [9.17, 15) is 0 Å². The molecule has 1 heterocycles. The summed E-state index contributed by atoms with van der Waals surface area (Å²) in [7, 11) is 0. The van der Waals surface area contributed by atoms with E-state index in [4.69, 9.17) is 0 Å². The Balaban J connectivity index is 1.18. The minimum atomic E-state index is 0.326. The van der Waals surface area contributed by atoms with Crippen molar-refractivity contribution in [2.75, 3.05) is 11.4 Å². The summed E-state index contributed by atoms with van der Waals surface area (Å²) in [5, 5.41) is 2.59. The van der Waals surface area contributed by atoms with Gasteiger partial charge in [-0.05, 0) is 78.6 Å². The summed E-state index contributed by atoms with van der Waals surface area (Å²) in [6, 6.07) is 45.9. The van der Waals surface area contributed by atoms with Gasteiger partial charge in [0.25, 0.3) is 0 Å². The number of nitrogens with zero attached hydrogens (tertiary/aromatic N) is 2. The van der Waals surface area contributed by atoms with Crippen LogP contribution in [0.2, 0.25) is 0 Å². The van der Waals surface area contributed by atoms with E-state index in [-0.39, 0.29) is 0 Å². The zero-order valence-corrected chi connectivity index (χ0v) is 26.9. The molecule has 0 saturated heterocycles. The monoisotopic (exact) mass is 646 g/mol. The molecule has 5 aromatic carbocycles. The summed E-state index contributed by atoms with van der Waals surface area (Å²) in [6.45, 7) is 2.82. The van der Waals surface area contributed by atoms with Crippen molar-refractivity contribution in [2.45, 2.75) is 19.3 Å². The van der Waals surface area contributed by atoms with Crippen molar-refractivity contribution in [1.82, 2.24) is 4.57 Å². The number of hydrogen-bond donors (Lipinski definition) is 0. The Bertz CT molecular complexity index is 2060. The Hall–Kier alpha value is -4.86. The first-order valence-corrected chi connectivity index (χ1v) is 16.4. The summed E-state index contributed by atoms with van der Waals surface area (Å²) in [5.74, 6) is 0.326. The second-order valence-corrected chi connectivity index (χ2v) is 12.3. The number of allylic oxidation sites excluding steroid dienone is 6. The molecule has 1 aliphatic rings. The van der Waals surface area contributed by atoms with Gasteiger partial charge in [-0.1, -0.05) is 131 Å². The third kappa shape index (κ3) is 5.96. The summed E-state index contributed by atoms with van der Waals surface area (Å²) in [5.41, 5.74) is 9.88. The van der Waals surface area contributed by atoms with Crippen molar-refractivity contribution >= 4 is 43.4 Å². The Morgan fingerprint density at radius 1 is 0.778 bits per heavy atom. The molecule has 0 bridgehead atoms. The Kier molecular flexibility index (Phi) is 8.35. The van der Waals surface area contributed by atoms with Crippen molar-refractivity contribution in [3.8, 4) is 16.8 Å². The fraction of sp³-hybridized carbons (Fsp3) is 0.0952. The fourth-order valence-corrected chi connectivity index (χ4v) is 6.51. The summed E-state index contributed by atoms with van der Waals surface area (Å²) in [6.07, 6.45) is 14.4. The molecule has 0 spiro atoms. The van der Waals surface area contributed by atoms with E-state index in [2.05, 4.69) is 189 Å². The molecule has 0 radical (unpaired) electrons. The molecule has 220 valence electrons. The summed E-state index contributed by atoms with van der Waals surface area (Å²) < 4.78 is 3.46. The average Bonchev–Trinajstić information content (AvgIpc) is 3.45. The lowest BCUT2D eigenvalue weighted by Gasteiger charge is -2.28. The molecular weight excluding hydrogens is 612 g/mol. The quantitative estimate of drug-likeness (QED) is 0.149. The van der Waals surface area contributed by atoms with E-state index in [1.165, 1.54) is 55.6 Å². The lowest BCUT2D eigenvalue weighted by molar-refractivity contribution is 0.833. The van der Waals surface area contributed by atoms with Crippen LogP contribution in [0.5, 0.6) is 0 Å². The molecule has 6 aromatic rings. The molecule has 1 aromatic heterocycles. The minimum absolute atomic E-state index is 0.326. The number of hydrogen-bond acceptors (Lipinski definition) is 1. The molecule has 2 nitrogen and oxygen atoms in total. The van der Waals surface area contributed by atoms with Gasteiger partial charge in [-0.2, -0.15) is 0 Å². The fourth-order valence-electron chi connectivity index (χ4n) is 6.32. The Morgan fingerprint density at radius 2 is 1.47 bits per heavy atom. The molecule has 1 aliphatic carbocycles. The van der Waals surface area contributed by atoms with Gasteiger partial charge in [0, 0.05) is 44.8 Å². The molecule has 1 unspecified atom stereocenters. The van der Waals surface area contributed by atoms with Crippen molar-refractivity contribution < 1.29 is 0 Å². The van der Waals surface area contributed by atoms with Crippen LogP contribution >= 0.6 is 15.9 Å². The van der Waals surface area contributed by atoms with Gasteiger partial charge in [-0.25, -0.2) is 0 Å². The number of rotatable bonds is 8. The highest BCUT2D eigenvalue weighted by Crippen LogP contribution is 2.37. The third-order valence-electron chi connectivity index (χ3n) is 8.66. The molecule has 0 amide bonds. The van der Waals surface area contributed by atoms with E-state index in [1.807, 2.05) is 6.92 Å². The van der Waals surface area contributed by atoms with E-state index >= 15 is 0 Å². The van der Waals surface area contributed by atoms with Crippen LogP contribution in [0.15, 0.2) is 174 Å². The molecule has 0 N–H and O–H groups in total. The molecule has 0 aliphatic heterocycles. The van der Waals surface area contributed by atoms with E-state index in [0.29, 0.717) is 5.92 Å². The van der Waals surface area contributed by atoms with Crippen LogP contribution in [0.4, 0.5) is 5.69 Å². The van der Waals surface area contributed by atoms with Crippen LogP contribution in [0.25, 0.3) is 38.6 Å².